The van der Waals surface area contributed by atoms with Gasteiger partial charge in [0.05, 0.1) is 11.6 Å². The standard InChI is InChI=1S/C12H13N3O3/c1-2-15(8-11(16)17)12(18)14-10-5-3-4-9(6-10)7-13/h3-6H,2,8H2,1H3,(H,14,18)(H,16,17). The Morgan fingerprint density at radius 2 is 2.22 bits per heavy atom. The highest BCUT2D eigenvalue weighted by atomic mass is 16.4. The van der Waals surface area contributed by atoms with E-state index >= 15 is 0 Å². The minimum Gasteiger partial charge on any atom is -0.480 e. The van der Waals surface area contributed by atoms with Gasteiger partial charge in [-0.05, 0) is 25.1 Å². The highest BCUT2D eigenvalue weighted by molar-refractivity contribution is 5.91. The van der Waals surface area contributed by atoms with Crippen molar-refractivity contribution in [2.75, 3.05) is 18.4 Å². The van der Waals surface area contributed by atoms with Crippen molar-refractivity contribution in [2.45, 2.75) is 6.92 Å². The minimum absolute atomic E-state index is 0.288. The second kappa shape index (κ2) is 6.25. The molecule has 0 atom stereocenters. The first-order valence-electron chi connectivity index (χ1n) is 5.34. The van der Waals surface area contributed by atoms with Crippen LogP contribution in [0, 0.1) is 11.3 Å². The van der Waals surface area contributed by atoms with E-state index in [0.29, 0.717) is 11.3 Å². The van der Waals surface area contributed by atoms with E-state index in [4.69, 9.17) is 10.4 Å². The number of hydrogen-bond donors (Lipinski definition) is 2. The van der Waals surface area contributed by atoms with Gasteiger partial charge in [0.25, 0.3) is 0 Å². The number of nitrogens with zero attached hydrogens (tertiary/aromatic N) is 2. The summed E-state index contributed by atoms with van der Waals surface area (Å²) in [6, 6.07) is 7.86. The van der Waals surface area contributed by atoms with Crippen molar-refractivity contribution in [1.29, 1.82) is 5.26 Å². The van der Waals surface area contributed by atoms with E-state index in [1.807, 2.05) is 6.07 Å². The lowest BCUT2D eigenvalue weighted by atomic mass is 10.2. The van der Waals surface area contributed by atoms with Crippen LogP contribution in [0.3, 0.4) is 0 Å². The number of anilines is 1. The Labute approximate surface area is 104 Å². The molecule has 1 rings (SSSR count). The summed E-state index contributed by atoms with van der Waals surface area (Å²) in [4.78, 5) is 23.5. The van der Waals surface area contributed by atoms with E-state index in [0.717, 1.165) is 4.90 Å². The van der Waals surface area contributed by atoms with Crippen LogP contribution in [0.25, 0.3) is 0 Å². The van der Waals surface area contributed by atoms with Crippen molar-refractivity contribution in [3.05, 3.63) is 29.8 Å². The number of hydrogen-bond acceptors (Lipinski definition) is 3. The number of carbonyl (C=O) groups is 2. The van der Waals surface area contributed by atoms with Gasteiger partial charge in [0.1, 0.15) is 6.54 Å². The van der Waals surface area contributed by atoms with Crippen LogP contribution in [0.5, 0.6) is 0 Å². The maximum Gasteiger partial charge on any atom is 0.323 e. The fraction of sp³-hybridized carbons (Fsp3) is 0.250. The quantitative estimate of drug-likeness (QED) is 0.843. The molecule has 2 amide bonds. The van der Waals surface area contributed by atoms with Crippen molar-refractivity contribution in [3.63, 3.8) is 0 Å². The number of benzene rings is 1. The summed E-state index contributed by atoms with van der Waals surface area (Å²) in [6.45, 7) is 1.62. The molecule has 0 aliphatic rings. The predicted molar refractivity (Wildman–Crippen MR) is 65.1 cm³/mol. The average molecular weight is 247 g/mol. The Hall–Kier alpha value is -2.55. The topological polar surface area (TPSA) is 93.4 Å². The van der Waals surface area contributed by atoms with Crippen LogP contribution >= 0.6 is 0 Å². The number of nitriles is 1. The molecule has 0 saturated heterocycles. The molecule has 0 radical (unpaired) electrons. The second-order valence-electron chi connectivity index (χ2n) is 3.53. The average Bonchev–Trinajstić information content (AvgIpc) is 2.35. The van der Waals surface area contributed by atoms with E-state index in [9.17, 15) is 9.59 Å². The van der Waals surface area contributed by atoms with E-state index in [1.54, 1.807) is 25.1 Å². The summed E-state index contributed by atoms with van der Waals surface area (Å²) < 4.78 is 0. The monoisotopic (exact) mass is 247 g/mol. The van der Waals surface area contributed by atoms with Crippen molar-refractivity contribution in [3.8, 4) is 6.07 Å². The number of aliphatic carboxylic acids is 1. The van der Waals surface area contributed by atoms with Gasteiger partial charge in [0, 0.05) is 12.2 Å². The van der Waals surface area contributed by atoms with E-state index in [2.05, 4.69) is 5.32 Å². The first-order valence-corrected chi connectivity index (χ1v) is 5.34. The van der Waals surface area contributed by atoms with Gasteiger partial charge < -0.3 is 15.3 Å². The van der Waals surface area contributed by atoms with Crippen LogP contribution in [0.4, 0.5) is 10.5 Å². The molecule has 2 N–H and O–H groups in total. The Morgan fingerprint density at radius 3 is 2.78 bits per heavy atom. The van der Waals surface area contributed by atoms with Gasteiger partial charge in [-0.15, -0.1) is 0 Å². The van der Waals surface area contributed by atoms with Gasteiger partial charge in [0.2, 0.25) is 0 Å². The number of carboxylic acids is 1. The summed E-state index contributed by atoms with van der Waals surface area (Å²) in [5.74, 6) is -1.07. The molecule has 6 nitrogen and oxygen atoms in total. The van der Waals surface area contributed by atoms with Crippen LogP contribution in [-0.4, -0.2) is 35.1 Å². The van der Waals surface area contributed by atoms with Crippen LogP contribution in [0.15, 0.2) is 24.3 Å². The lowest BCUT2D eigenvalue weighted by Gasteiger charge is -2.19. The third-order valence-electron chi connectivity index (χ3n) is 2.24. The molecule has 6 heteroatoms. The van der Waals surface area contributed by atoms with Gasteiger partial charge in [-0.2, -0.15) is 5.26 Å². The maximum absolute atomic E-state index is 11.7. The first-order chi connectivity index (χ1) is 8.56. The van der Waals surface area contributed by atoms with E-state index in [1.165, 1.54) is 6.07 Å². The fourth-order valence-electron chi connectivity index (χ4n) is 1.36. The summed E-state index contributed by atoms with van der Waals surface area (Å²) in [5, 5.41) is 19.9. The van der Waals surface area contributed by atoms with Crippen LogP contribution in [0.1, 0.15) is 12.5 Å². The van der Waals surface area contributed by atoms with E-state index in [-0.39, 0.29) is 13.1 Å². The molecular weight excluding hydrogens is 234 g/mol. The third kappa shape index (κ3) is 3.79. The molecule has 1 aromatic rings. The molecule has 0 aromatic heterocycles. The van der Waals surface area contributed by atoms with Crippen molar-refractivity contribution in [1.82, 2.24) is 4.90 Å². The molecule has 0 saturated carbocycles. The minimum atomic E-state index is -1.07. The molecule has 94 valence electrons. The molecule has 0 aliphatic heterocycles. The SMILES string of the molecule is CCN(CC(=O)O)C(=O)Nc1cccc(C#N)c1. The Balaban J connectivity index is 2.73. The zero-order chi connectivity index (χ0) is 13.5. The Kier molecular flexibility index (Phi) is 4.69. The molecule has 1 aromatic carbocycles. The maximum atomic E-state index is 11.7. The number of likely N-dealkylation sites (N-methyl/N-ethyl adjacent to an activating group) is 1. The first kappa shape index (κ1) is 13.5. The van der Waals surface area contributed by atoms with Crippen LogP contribution in [-0.2, 0) is 4.79 Å². The molecular formula is C12H13N3O3. The van der Waals surface area contributed by atoms with Gasteiger partial charge in [-0.3, -0.25) is 4.79 Å². The van der Waals surface area contributed by atoms with E-state index < -0.39 is 12.0 Å². The molecule has 0 bridgehead atoms. The van der Waals surface area contributed by atoms with Crippen LogP contribution < -0.4 is 5.32 Å². The highest BCUT2D eigenvalue weighted by Gasteiger charge is 2.14. The predicted octanol–water partition coefficient (Wildman–Crippen LogP) is 1.50. The summed E-state index contributed by atoms with van der Waals surface area (Å²) >= 11 is 0. The largest absolute Gasteiger partial charge is 0.480 e. The smallest absolute Gasteiger partial charge is 0.323 e. The lowest BCUT2D eigenvalue weighted by molar-refractivity contribution is -0.137. The summed E-state index contributed by atoms with van der Waals surface area (Å²) in [5.41, 5.74) is 0.886. The Morgan fingerprint density at radius 1 is 1.50 bits per heavy atom. The fourth-order valence-corrected chi connectivity index (χ4v) is 1.36. The molecule has 0 unspecified atom stereocenters. The Bertz CT molecular complexity index is 494. The second-order valence-corrected chi connectivity index (χ2v) is 3.53. The molecule has 0 spiro atoms. The lowest BCUT2D eigenvalue weighted by Crippen LogP contribution is -2.38. The van der Waals surface area contributed by atoms with Crippen molar-refractivity contribution < 1.29 is 14.7 Å². The highest BCUT2D eigenvalue weighted by Crippen LogP contribution is 2.10. The van der Waals surface area contributed by atoms with Crippen LogP contribution in [0.2, 0.25) is 0 Å². The van der Waals surface area contributed by atoms with Crippen molar-refractivity contribution >= 4 is 17.7 Å². The molecule has 0 fully saturated rings. The zero-order valence-corrected chi connectivity index (χ0v) is 9.88. The van der Waals surface area contributed by atoms with Crippen molar-refractivity contribution in [2.24, 2.45) is 0 Å². The summed E-state index contributed by atoms with van der Waals surface area (Å²) in [7, 11) is 0. The van der Waals surface area contributed by atoms with Gasteiger partial charge in [0.15, 0.2) is 0 Å². The zero-order valence-electron chi connectivity index (χ0n) is 9.88. The third-order valence-corrected chi connectivity index (χ3v) is 2.24. The number of rotatable bonds is 4. The normalized spacial score (nSPS) is 9.33. The molecule has 0 aliphatic carbocycles. The number of amides is 2. The van der Waals surface area contributed by atoms with Gasteiger partial charge in [-0.25, -0.2) is 4.79 Å². The summed E-state index contributed by atoms with van der Waals surface area (Å²) in [6.07, 6.45) is 0. The molecule has 0 heterocycles. The number of carboxylic acid groups (broad SMARTS) is 1. The van der Waals surface area contributed by atoms with Gasteiger partial charge >= 0.3 is 12.0 Å². The molecule has 18 heavy (non-hydrogen) atoms. The number of urea groups is 1. The van der Waals surface area contributed by atoms with Gasteiger partial charge in [-0.1, -0.05) is 6.07 Å². The number of carbonyl (C=O) groups excluding carboxylic acids is 1. The number of nitrogens with one attached hydrogen (secondary N) is 1.